The molecule has 132 valence electrons. The lowest BCUT2D eigenvalue weighted by Crippen LogP contribution is -2.46. The Bertz CT molecular complexity index is 694. The van der Waals surface area contributed by atoms with Crippen LogP contribution in [0.5, 0.6) is 5.75 Å². The predicted molar refractivity (Wildman–Crippen MR) is 93.1 cm³/mol. The molecule has 25 heavy (non-hydrogen) atoms. The van der Waals surface area contributed by atoms with Crippen molar-refractivity contribution in [1.29, 1.82) is 0 Å². The fourth-order valence-corrected chi connectivity index (χ4v) is 3.06. The van der Waals surface area contributed by atoms with E-state index < -0.39 is 6.04 Å². The van der Waals surface area contributed by atoms with E-state index >= 15 is 0 Å². The van der Waals surface area contributed by atoms with Crippen molar-refractivity contribution in [3.8, 4) is 5.75 Å². The van der Waals surface area contributed by atoms with Crippen molar-refractivity contribution in [2.75, 3.05) is 18.1 Å². The molecule has 1 saturated heterocycles. The van der Waals surface area contributed by atoms with Gasteiger partial charge in [-0.1, -0.05) is 6.08 Å². The number of ether oxygens (including phenoxy) is 1. The summed E-state index contributed by atoms with van der Waals surface area (Å²) < 4.78 is 5.38. The van der Waals surface area contributed by atoms with Crippen LogP contribution in [0.15, 0.2) is 36.9 Å². The van der Waals surface area contributed by atoms with Gasteiger partial charge in [0.15, 0.2) is 0 Å². The summed E-state index contributed by atoms with van der Waals surface area (Å²) in [6.07, 6.45) is 3.31. The molecule has 1 unspecified atom stereocenters. The minimum absolute atomic E-state index is 0.0117. The molecule has 1 aliphatic heterocycles. The smallest absolute Gasteiger partial charge is 0.257 e. The first-order valence-corrected chi connectivity index (χ1v) is 8.57. The number of imide groups is 1. The van der Waals surface area contributed by atoms with E-state index in [1.54, 1.807) is 30.3 Å². The predicted octanol–water partition coefficient (Wildman–Crippen LogP) is 2.14. The molecular weight excluding hydrogens is 320 g/mol. The van der Waals surface area contributed by atoms with E-state index in [9.17, 15) is 14.4 Å². The van der Waals surface area contributed by atoms with E-state index in [1.165, 1.54) is 4.90 Å². The van der Waals surface area contributed by atoms with Gasteiger partial charge in [-0.2, -0.15) is 0 Å². The molecule has 6 heteroatoms. The molecule has 2 aliphatic rings. The SMILES string of the molecule is C=CCN(C(=O)C1CC1)C1CC(=O)N(c2ccc(OCC)cc2)C1=O. The quantitative estimate of drug-likeness (QED) is 0.562. The summed E-state index contributed by atoms with van der Waals surface area (Å²) in [7, 11) is 0. The van der Waals surface area contributed by atoms with E-state index in [0.29, 0.717) is 18.0 Å². The Balaban J connectivity index is 1.80. The highest BCUT2D eigenvalue weighted by Crippen LogP contribution is 2.34. The van der Waals surface area contributed by atoms with Crippen molar-refractivity contribution in [2.45, 2.75) is 32.2 Å². The zero-order valence-electron chi connectivity index (χ0n) is 14.3. The molecule has 1 aliphatic carbocycles. The first-order chi connectivity index (χ1) is 12.1. The lowest BCUT2D eigenvalue weighted by molar-refractivity contribution is -0.138. The summed E-state index contributed by atoms with van der Waals surface area (Å²) in [5, 5.41) is 0. The fraction of sp³-hybridized carbons (Fsp3) is 0.421. The average molecular weight is 342 g/mol. The van der Waals surface area contributed by atoms with E-state index in [1.807, 2.05) is 6.92 Å². The van der Waals surface area contributed by atoms with Crippen LogP contribution in [0, 0.1) is 5.92 Å². The Morgan fingerprint density at radius 1 is 1.32 bits per heavy atom. The third kappa shape index (κ3) is 3.43. The van der Waals surface area contributed by atoms with Crippen LogP contribution in [0.3, 0.4) is 0 Å². The van der Waals surface area contributed by atoms with Crippen LogP contribution in [0.1, 0.15) is 26.2 Å². The summed E-state index contributed by atoms with van der Waals surface area (Å²) in [5.41, 5.74) is 0.498. The Hall–Kier alpha value is -2.63. The van der Waals surface area contributed by atoms with Crippen LogP contribution in [-0.4, -0.2) is 41.8 Å². The number of anilines is 1. The maximum absolute atomic E-state index is 12.8. The monoisotopic (exact) mass is 342 g/mol. The van der Waals surface area contributed by atoms with Gasteiger partial charge >= 0.3 is 0 Å². The third-order valence-electron chi connectivity index (χ3n) is 4.44. The van der Waals surface area contributed by atoms with E-state index in [4.69, 9.17) is 4.74 Å². The molecule has 1 aromatic rings. The lowest BCUT2D eigenvalue weighted by atomic mass is 10.2. The van der Waals surface area contributed by atoms with Gasteiger partial charge in [-0.05, 0) is 44.0 Å². The topological polar surface area (TPSA) is 66.9 Å². The van der Waals surface area contributed by atoms with E-state index in [-0.39, 0.29) is 36.6 Å². The number of benzene rings is 1. The summed E-state index contributed by atoms with van der Waals surface area (Å²) >= 11 is 0. The van der Waals surface area contributed by atoms with Gasteiger partial charge in [-0.15, -0.1) is 6.58 Å². The lowest BCUT2D eigenvalue weighted by Gasteiger charge is -2.26. The van der Waals surface area contributed by atoms with Gasteiger partial charge in [-0.3, -0.25) is 14.4 Å². The van der Waals surface area contributed by atoms with Gasteiger partial charge in [0, 0.05) is 12.5 Å². The van der Waals surface area contributed by atoms with Gasteiger partial charge in [-0.25, -0.2) is 4.90 Å². The molecule has 3 rings (SSSR count). The Morgan fingerprint density at radius 3 is 2.56 bits per heavy atom. The molecule has 0 N–H and O–H groups in total. The fourth-order valence-electron chi connectivity index (χ4n) is 3.06. The number of nitrogens with zero attached hydrogens (tertiary/aromatic N) is 2. The van der Waals surface area contributed by atoms with Crippen LogP contribution < -0.4 is 9.64 Å². The van der Waals surface area contributed by atoms with Crippen molar-refractivity contribution in [3.05, 3.63) is 36.9 Å². The summed E-state index contributed by atoms with van der Waals surface area (Å²) in [6, 6.07) is 6.07. The van der Waals surface area contributed by atoms with Crippen LogP contribution in [0.25, 0.3) is 0 Å². The molecule has 1 heterocycles. The maximum Gasteiger partial charge on any atom is 0.257 e. The molecular formula is C19H22N2O4. The number of carbonyl (C=O) groups excluding carboxylic acids is 3. The van der Waals surface area contributed by atoms with Gasteiger partial charge in [0.25, 0.3) is 5.91 Å². The Labute approximate surface area is 147 Å². The van der Waals surface area contributed by atoms with Gasteiger partial charge in [0.05, 0.1) is 18.7 Å². The van der Waals surface area contributed by atoms with Gasteiger partial charge < -0.3 is 9.64 Å². The highest BCUT2D eigenvalue weighted by Gasteiger charge is 2.46. The Morgan fingerprint density at radius 2 is 2.00 bits per heavy atom. The maximum atomic E-state index is 12.8. The van der Waals surface area contributed by atoms with Crippen molar-refractivity contribution < 1.29 is 19.1 Å². The number of rotatable bonds is 7. The second kappa shape index (κ2) is 7.09. The van der Waals surface area contributed by atoms with Gasteiger partial charge in [0.2, 0.25) is 11.8 Å². The van der Waals surface area contributed by atoms with Crippen LogP contribution in [-0.2, 0) is 14.4 Å². The standard InChI is InChI=1S/C19H22N2O4/c1-3-11-20(18(23)13-5-6-13)16-12-17(22)21(19(16)24)14-7-9-15(10-8-14)25-4-2/h3,7-10,13,16H,1,4-6,11-12H2,2H3. The van der Waals surface area contributed by atoms with Crippen molar-refractivity contribution in [1.82, 2.24) is 4.90 Å². The number of amides is 3. The van der Waals surface area contributed by atoms with Crippen LogP contribution in [0.2, 0.25) is 0 Å². The number of hydrogen-bond donors (Lipinski definition) is 0. The van der Waals surface area contributed by atoms with Crippen LogP contribution >= 0.6 is 0 Å². The van der Waals surface area contributed by atoms with Crippen molar-refractivity contribution in [3.63, 3.8) is 0 Å². The van der Waals surface area contributed by atoms with E-state index in [2.05, 4.69) is 6.58 Å². The molecule has 1 aromatic carbocycles. The third-order valence-corrected chi connectivity index (χ3v) is 4.44. The molecule has 1 atom stereocenters. The molecule has 0 spiro atoms. The highest BCUT2D eigenvalue weighted by atomic mass is 16.5. The number of carbonyl (C=O) groups is 3. The minimum Gasteiger partial charge on any atom is -0.494 e. The normalized spacial score (nSPS) is 19.9. The van der Waals surface area contributed by atoms with Crippen molar-refractivity contribution >= 4 is 23.4 Å². The first-order valence-electron chi connectivity index (χ1n) is 8.57. The summed E-state index contributed by atoms with van der Waals surface area (Å²) in [5.74, 6) is -0.0390. The second-order valence-electron chi connectivity index (χ2n) is 6.27. The largest absolute Gasteiger partial charge is 0.494 e. The minimum atomic E-state index is -0.745. The molecule has 1 saturated carbocycles. The Kier molecular flexibility index (Phi) is 4.88. The second-order valence-corrected chi connectivity index (χ2v) is 6.27. The van der Waals surface area contributed by atoms with E-state index in [0.717, 1.165) is 17.7 Å². The zero-order valence-corrected chi connectivity index (χ0v) is 14.3. The molecule has 6 nitrogen and oxygen atoms in total. The molecule has 3 amide bonds. The molecule has 2 fully saturated rings. The highest BCUT2D eigenvalue weighted by molar-refractivity contribution is 6.23. The molecule has 0 aromatic heterocycles. The summed E-state index contributed by atoms with van der Waals surface area (Å²) in [4.78, 5) is 40.4. The molecule has 0 bridgehead atoms. The number of hydrogen-bond acceptors (Lipinski definition) is 4. The average Bonchev–Trinajstić information content (AvgIpc) is 3.40. The van der Waals surface area contributed by atoms with Crippen LogP contribution in [0.4, 0.5) is 5.69 Å². The van der Waals surface area contributed by atoms with Gasteiger partial charge in [0.1, 0.15) is 11.8 Å². The summed E-state index contributed by atoms with van der Waals surface area (Å²) in [6.45, 7) is 6.37. The first kappa shape index (κ1) is 17.2. The zero-order chi connectivity index (χ0) is 18.0. The molecule has 0 radical (unpaired) electrons. The van der Waals surface area contributed by atoms with Crippen molar-refractivity contribution in [2.24, 2.45) is 5.92 Å².